The van der Waals surface area contributed by atoms with Crippen molar-refractivity contribution in [3.05, 3.63) is 57.8 Å². The van der Waals surface area contributed by atoms with E-state index in [2.05, 4.69) is 26.1 Å². The first-order valence-corrected chi connectivity index (χ1v) is 10.2. The molecule has 2 aromatic carbocycles. The second-order valence-corrected chi connectivity index (χ2v) is 7.51. The molecule has 30 heavy (non-hydrogen) atoms. The number of halogens is 4. The molecule has 1 saturated heterocycles. The summed E-state index contributed by atoms with van der Waals surface area (Å²) in [7, 11) is 1.63. The monoisotopic (exact) mass is 524 g/mol. The molecular weight excluding hydrogens is 498 g/mol. The molecule has 0 saturated carbocycles. The molecule has 0 spiro atoms. The zero-order valence-corrected chi connectivity index (χ0v) is 20.1. The molecule has 0 aliphatic carbocycles. The van der Waals surface area contributed by atoms with Crippen molar-refractivity contribution in [2.24, 2.45) is 0 Å². The van der Waals surface area contributed by atoms with E-state index in [1.54, 1.807) is 19.2 Å². The average molecular weight is 526 g/mol. The quantitative estimate of drug-likeness (QED) is 0.490. The Morgan fingerprint density at radius 3 is 2.47 bits per heavy atom. The van der Waals surface area contributed by atoms with Crippen LogP contribution in [-0.2, 0) is 17.9 Å². The van der Waals surface area contributed by atoms with Gasteiger partial charge in [0.15, 0.2) is 11.5 Å². The summed E-state index contributed by atoms with van der Waals surface area (Å²) in [6.45, 7) is 6.67. The van der Waals surface area contributed by atoms with Crippen LogP contribution in [0.15, 0.2) is 40.9 Å². The molecular formula is C21H28BrCl2FN2O3. The smallest absolute Gasteiger partial charge is 0.175 e. The lowest BCUT2D eigenvalue weighted by Gasteiger charge is -2.26. The number of morpholine rings is 1. The largest absolute Gasteiger partial charge is 0.493 e. The van der Waals surface area contributed by atoms with Crippen molar-refractivity contribution in [3.63, 3.8) is 0 Å². The molecule has 1 heterocycles. The molecule has 1 fully saturated rings. The van der Waals surface area contributed by atoms with E-state index in [1.807, 2.05) is 12.1 Å². The molecule has 1 aliphatic rings. The first-order chi connectivity index (χ1) is 13.7. The summed E-state index contributed by atoms with van der Waals surface area (Å²) in [6.07, 6.45) is 0. The molecule has 2 aromatic rings. The summed E-state index contributed by atoms with van der Waals surface area (Å²) in [4.78, 5) is 2.40. The van der Waals surface area contributed by atoms with E-state index in [-0.39, 0.29) is 30.6 Å². The molecule has 1 N–H and O–H groups in total. The molecule has 3 rings (SSSR count). The zero-order valence-electron chi connectivity index (χ0n) is 16.9. The van der Waals surface area contributed by atoms with Gasteiger partial charge in [-0.1, -0.05) is 12.1 Å². The fourth-order valence-corrected chi connectivity index (χ4v) is 3.65. The average Bonchev–Trinajstić information content (AvgIpc) is 2.72. The maximum atomic E-state index is 13.0. The van der Waals surface area contributed by atoms with Crippen LogP contribution in [0.3, 0.4) is 0 Å². The Bertz CT molecular complexity index is 763. The predicted octanol–water partition coefficient (Wildman–Crippen LogP) is 4.44. The summed E-state index contributed by atoms with van der Waals surface area (Å²) < 4.78 is 30.7. The Balaban J connectivity index is 0.00000225. The molecule has 0 bridgehead atoms. The molecule has 0 unspecified atom stereocenters. The summed E-state index contributed by atoms with van der Waals surface area (Å²) in [6, 6.07) is 10.3. The highest BCUT2D eigenvalue weighted by molar-refractivity contribution is 9.10. The maximum Gasteiger partial charge on any atom is 0.175 e. The van der Waals surface area contributed by atoms with Gasteiger partial charge in [-0.3, -0.25) is 4.90 Å². The number of benzene rings is 2. The van der Waals surface area contributed by atoms with Gasteiger partial charge in [0.05, 0.1) is 24.8 Å². The molecule has 5 nitrogen and oxygen atoms in total. The SMILES string of the molecule is COc1cc(CNCCN2CCOCC2)cc(Br)c1OCc1ccc(F)cc1.Cl.Cl. The van der Waals surface area contributed by atoms with Gasteiger partial charge in [0.25, 0.3) is 0 Å². The third-order valence-corrected chi connectivity index (χ3v) is 5.21. The summed E-state index contributed by atoms with van der Waals surface area (Å²) in [5.41, 5.74) is 2.00. The van der Waals surface area contributed by atoms with Crippen LogP contribution in [0, 0.1) is 5.82 Å². The minimum Gasteiger partial charge on any atom is -0.493 e. The van der Waals surface area contributed by atoms with E-state index >= 15 is 0 Å². The zero-order chi connectivity index (χ0) is 19.8. The van der Waals surface area contributed by atoms with Crippen molar-refractivity contribution < 1.29 is 18.6 Å². The third kappa shape index (κ3) is 8.21. The molecule has 0 radical (unpaired) electrons. The molecule has 0 atom stereocenters. The van der Waals surface area contributed by atoms with Gasteiger partial charge < -0.3 is 19.5 Å². The van der Waals surface area contributed by atoms with Crippen LogP contribution < -0.4 is 14.8 Å². The highest BCUT2D eigenvalue weighted by Crippen LogP contribution is 2.37. The van der Waals surface area contributed by atoms with Gasteiger partial charge in [0.2, 0.25) is 0 Å². The highest BCUT2D eigenvalue weighted by Gasteiger charge is 2.13. The third-order valence-electron chi connectivity index (χ3n) is 4.62. The van der Waals surface area contributed by atoms with E-state index in [4.69, 9.17) is 14.2 Å². The molecule has 1 aliphatic heterocycles. The fourth-order valence-electron chi connectivity index (χ4n) is 3.05. The Morgan fingerprint density at radius 1 is 1.10 bits per heavy atom. The number of hydrogen-bond donors (Lipinski definition) is 1. The van der Waals surface area contributed by atoms with Crippen molar-refractivity contribution in [1.82, 2.24) is 10.2 Å². The minimum atomic E-state index is -0.256. The number of ether oxygens (including phenoxy) is 3. The summed E-state index contributed by atoms with van der Waals surface area (Å²) >= 11 is 3.58. The number of nitrogens with zero attached hydrogens (tertiary/aromatic N) is 1. The standard InChI is InChI=1S/C21H26BrFN2O3.2ClH/c1-26-20-13-17(14-24-6-7-25-8-10-27-11-9-25)12-19(22)21(20)28-15-16-2-4-18(23)5-3-16;;/h2-5,12-13,24H,6-11,14-15H2,1H3;2*1H. The number of rotatable bonds is 9. The topological polar surface area (TPSA) is 43.0 Å². The van der Waals surface area contributed by atoms with Crippen molar-refractivity contribution in [2.45, 2.75) is 13.2 Å². The van der Waals surface area contributed by atoms with Gasteiger partial charge in [-0.05, 0) is 51.3 Å². The second-order valence-electron chi connectivity index (χ2n) is 6.65. The van der Waals surface area contributed by atoms with Crippen LogP contribution in [0.25, 0.3) is 0 Å². The predicted molar refractivity (Wildman–Crippen MR) is 125 cm³/mol. The Kier molecular flexibility index (Phi) is 12.6. The van der Waals surface area contributed by atoms with Crippen LogP contribution in [0.1, 0.15) is 11.1 Å². The fraction of sp³-hybridized carbons (Fsp3) is 0.429. The van der Waals surface area contributed by atoms with Gasteiger partial charge in [-0.25, -0.2) is 4.39 Å². The molecule has 0 aromatic heterocycles. The Labute approximate surface area is 198 Å². The first kappa shape index (κ1) is 26.9. The van der Waals surface area contributed by atoms with Gasteiger partial charge in [0.1, 0.15) is 12.4 Å². The van der Waals surface area contributed by atoms with Gasteiger partial charge in [0, 0.05) is 32.7 Å². The molecule has 0 amide bonds. The minimum absolute atomic E-state index is 0. The van der Waals surface area contributed by atoms with Gasteiger partial charge >= 0.3 is 0 Å². The summed E-state index contributed by atoms with van der Waals surface area (Å²) in [5.74, 6) is 1.05. The van der Waals surface area contributed by atoms with Crippen molar-refractivity contribution >= 4 is 40.7 Å². The van der Waals surface area contributed by atoms with E-state index in [9.17, 15) is 4.39 Å². The molecule has 9 heteroatoms. The van der Waals surface area contributed by atoms with E-state index in [0.29, 0.717) is 18.1 Å². The lowest BCUT2D eigenvalue weighted by molar-refractivity contribution is 0.0384. The van der Waals surface area contributed by atoms with Crippen LogP contribution in [0.5, 0.6) is 11.5 Å². The number of hydrogen-bond acceptors (Lipinski definition) is 5. The first-order valence-electron chi connectivity index (χ1n) is 9.40. The van der Waals surface area contributed by atoms with Crippen LogP contribution in [0.2, 0.25) is 0 Å². The van der Waals surface area contributed by atoms with E-state index in [1.165, 1.54) is 12.1 Å². The summed E-state index contributed by atoms with van der Waals surface area (Å²) in [5, 5.41) is 3.47. The Hall–Kier alpha value is -1.09. The van der Waals surface area contributed by atoms with Crippen molar-refractivity contribution in [3.8, 4) is 11.5 Å². The lowest BCUT2D eigenvalue weighted by Crippen LogP contribution is -2.40. The van der Waals surface area contributed by atoms with Crippen molar-refractivity contribution in [2.75, 3.05) is 46.5 Å². The van der Waals surface area contributed by atoms with Crippen LogP contribution in [-0.4, -0.2) is 51.4 Å². The van der Waals surface area contributed by atoms with Crippen molar-refractivity contribution in [1.29, 1.82) is 0 Å². The maximum absolute atomic E-state index is 13.0. The van der Waals surface area contributed by atoms with Crippen LogP contribution >= 0.6 is 40.7 Å². The van der Waals surface area contributed by atoms with E-state index < -0.39 is 0 Å². The Morgan fingerprint density at radius 2 is 1.80 bits per heavy atom. The second kappa shape index (κ2) is 14.1. The van der Waals surface area contributed by atoms with Gasteiger partial charge in [-0.2, -0.15) is 0 Å². The normalized spacial score (nSPS) is 13.8. The highest BCUT2D eigenvalue weighted by atomic mass is 79.9. The van der Waals surface area contributed by atoms with E-state index in [0.717, 1.165) is 61.5 Å². The molecule has 168 valence electrons. The lowest BCUT2D eigenvalue weighted by atomic mass is 10.2. The number of nitrogens with one attached hydrogen (secondary N) is 1. The number of methoxy groups -OCH3 is 1. The van der Waals surface area contributed by atoms with Gasteiger partial charge in [-0.15, -0.1) is 24.8 Å². The van der Waals surface area contributed by atoms with Crippen LogP contribution in [0.4, 0.5) is 4.39 Å².